The Morgan fingerprint density at radius 3 is 2.53 bits per heavy atom. The van der Waals surface area contributed by atoms with Crippen molar-refractivity contribution >= 4 is 30.3 Å². The van der Waals surface area contributed by atoms with Crippen LogP contribution in [0.5, 0.6) is 0 Å². The molecule has 0 bridgehead atoms. The van der Waals surface area contributed by atoms with Crippen molar-refractivity contribution in [1.29, 1.82) is 0 Å². The second kappa shape index (κ2) is 5.18. The third-order valence-corrected chi connectivity index (χ3v) is 2.91. The fraction of sp³-hybridized carbons (Fsp3) is 0.556. The van der Waals surface area contributed by atoms with E-state index in [2.05, 4.69) is 9.97 Å². The minimum atomic E-state index is -1.66. The molecule has 0 spiro atoms. The average molecular weight is 257 g/mol. The van der Waals surface area contributed by atoms with Crippen LogP contribution in [0, 0.1) is 0 Å². The maximum Gasteiger partial charge on any atom is 0.508 e. The van der Waals surface area contributed by atoms with Gasteiger partial charge in [-0.2, -0.15) is 0 Å². The van der Waals surface area contributed by atoms with Gasteiger partial charge in [-0.1, -0.05) is 11.6 Å². The molecule has 0 aromatic carbocycles. The van der Waals surface area contributed by atoms with Crippen molar-refractivity contribution in [2.24, 2.45) is 0 Å². The third-order valence-electron chi connectivity index (χ3n) is 2.71. The average Bonchev–Trinajstić information content (AvgIpc) is 2.29. The molecule has 0 atom stereocenters. The molecule has 17 heavy (non-hydrogen) atoms. The number of hydrogen-bond donors (Lipinski definition) is 3. The second-order valence-electron chi connectivity index (χ2n) is 4.01. The molecule has 2 heterocycles. The summed E-state index contributed by atoms with van der Waals surface area (Å²) in [5.74, 6) is 0.368. The van der Waals surface area contributed by atoms with Crippen LogP contribution in [0.15, 0.2) is 6.07 Å². The third kappa shape index (κ3) is 3.07. The van der Waals surface area contributed by atoms with E-state index in [9.17, 15) is 5.11 Å². The normalized spacial score (nSPS) is 17.3. The highest BCUT2D eigenvalue weighted by molar-refractivity contribution is 6.57. The Morgan fingerprint density at radius 2 is 1.94 bits per heavy atom. The van der Waals surface area contributed by atoms with E-state index in [4.69, 9.17) is 21.6 Å². The molecular weight excluding hydrogens is 244 g/mol. The molecule has 2 rings (SSSR count). The van der Waals surface area contributed by atoms with Crippen LogP contribution in [0.1, 0.15) is 12.8 Å². The van der Waals surface area contributed by atoms with Crippen molar-refractivity contribution in [1.82, 2.24) is 9.97 Å². The fourth-order valence-electron chi connectivity index (χ4n) is 1.76. The molecule has 0 aliphatic carbocycles. The highest BCUT2D eigenvalue weighted by Gasteiger charge is 2.22. The summed E-state index contributed by atoms with van der Waals surface area (Å²) in [5.41, 5.74) is 0.0751. The lowest BCUT2D eigenvalue weighted by Gasteiger charge is -2.29. The van der Waals surface area contributed by atoms with Gasteiger partial charge >= 0.3 is 7.12 Å². The van der Waals surface area contributed by atoms with Gasteiger partial charge < -0.3 is 20.1 Å². The van der Waals surface area contributed by atoms with Crippen LogP contribution in [-0.2, 0) is 0 Å². The number of aliphatic hydroxyl groups is 1. The lowest BCUT2D eigenvalue weighted by atomic mass is 9.86. The Hall–Kier alpha value is -0.885. The summed E-state index contributed by atoms with van der Waals surface area (Å²) in [5, 5.41) is 27.7. The smallest absolute Gasteiger partial charge is 0.422 e. The Kier molecular flexibility index (Phi) is 3.83. The molecule has 1 aromatic heterocycles. The van der Waals surface area contributed by atoms with Gasteiger partial charge in [-0.05, 0) is 18.9 Å². The molecule has 8 heteroatoms. The lowest BCUT2D eigenvalue weighted by molar-refractivity contribution is 0.145. The van der Waals surface area contributed by atoms with Crippen molar-refractivity contribution in [3.05, 3.63) is 11.2 Å². The summed E-state index contributed by atoms with van der Waals surface area (Å²) in [6.07, 6.45) is 1.01. The van der Waals surface area contributed by atoms with Crippen LogP contribution < -0.4 is 10.5 Å². The van der Waals surface area contributed by atoms with E-state index in [-0.39, 0.29) is 16.9 Å². The molecule has 1 aliphatic rings. The molecule has 1 saturated heterocycles. The molecule has 1 fully saturated rings. The van der Waals surface area contributed by atoms with E-state index in [1.54, 1.807) is 0 Å². The highest BCUT2D eigenvalue weighted by atomic mass is 35.5. The van der Waals surface area contributed by atoms with Gasteiger partial charge in [0.05, 0.1) is 11.7 Å². The molecule has 92 valence electrons. The number of rotatable bonds is 2. The molecule has 6 nitrogen and oxygen atoms in total. The quantitative estimate of drug-likeness (QED) is 0.454. The monoisotopic (exact) mass is 257 g/mol. The van der Waals surface area contributed by atoms with Gasteiger partial charge in [0.2, 0.25) is 5.95 Å². The van der Waals surface area contributed by atoms with Crippen molar-refractivity contribution in [3.8, 4) is 0 Å². The number of piperidine rings is 1. The summed E-state index contributed by atoms with van der Waals surface area (Å²) in [6.45, 7) is 1.25. The van der Waals surface area contributed by atoms with E-state index in [1.807, 2.05) is 4.90 Å². The maximum absolute atomic E-state index is 9.40. The first-order valence-corrected chi connectivity index (χ1v) is 5.77. The molecule has 1 aliphatic heterocycles. The van der Waals surface area contributed by atoms with Crippen molar-refractivity contribution in [2.75, 3.05) is 18.0 Å². The van der Waals surface area contributed by atoms with Gasteiger partial charge in [-0.25, -0.2) is 9.97 Å². The van der Waals surface area contributed by atoms with Crippen molar-refractivity contribution in [2.45, 2.75) is 18.9 Å². The summed E-state index contributed by atoms with van der Waals surface area (Å²) < 4.78 is 0. The van der Waals surface area contributed by atoms with Crippen LogP contribution in [0.4, 0.5) is 5.95 Å². The standard InChI is InChI=1S/C9H13BClN3O3/c11-8-5-7(10(16)17)12-9(13-8)14-3-1-6(15)2-4-14/h5-6,15-17H,1-4H2. The molecule has 3 N–H and O–H groups in total. The summed E-state index contributed by atoms with van der Waals surface area (Å²) in [7, 11) is -1.66. The molecule has 0 amide bonds. The van der Waals surface area contributed by atoms with Gasteiger partial charge in [0, 0.05) is 13.1 Å². The van der Waals surface area contributed by atoms with Crippen LogP contribution in [0.25, 0.3) is 0 Å². The van der Waals surface area contributed by atoms with E-state index in [0.29, 0.717) is 31.9 Å². The van der Waals surface area contributed by atoms with Gasteiger partial charge in [0.1, 0.15) is 5.15 Å². The Labute approximate surface area is 104 Å². The molecule has 0 radical (unpaired) electrons. The Bertz CT molecular complexity index is 399. The van der Waals surface area contributed by atoms with Crippen LogP contribution in [0.3, 0.4) is 0 Å². The van der Waals surface area contributed by atoms with Gasteiger partial charge in [-0.3, -0.25) is 0 Å². The van der Waals surface area contributed by atoms with E-state index < -0.39 is 7.12 Å². The number of halogens is 1. The highest BCUT2D eigenvalue weighted by Crippen LogP contribution is 2.16. The minimum Gasteiger partial charge on any atom is -0.422 e. The van der Waals surface area contributed by atoms with E-state index >= 15 is 0 Å². The first-order valence-electron chi connectivity index (χ1n) is 5.40. The predicted molar refractivity (Wildman–Crippen MR) is 64.3 cm³/mol. The number of nitrogens with zero attached hydrogens (tertiary/aromatic N) is 3. The maximum atomic E-state index is 9.40. The summed E-state index contributed by atoms with van der Waals surface area (Å²) >= 11 is 5.79. The van der Waals surface area contributed by atoms with Crippen LogP contribution in [-0.4, -0.2) is 51.4 Å². The summed E-state index contributed by atoms with van der Waals surface area (Å²) in [4.78, 5) is 9.94. The first kappa shape index (κ1) is 12.6. The number of hydrogen-bond acceptors (Lipinski definition) is 6. The second-order valence-corrected chi connectivity index (χ2v) is 4.39. The zero-order valence-corrected chi connectivity index (χ0v) is 9.88. The summed E-state index contributed by atoms with van der Waals surface area (Å²) in [6, 6.07) is 1.31. The largest absolute Gasteiger partial charge is 0.508 e. The lowest BCUT2D eigenvalue weighted by Crippen LogP contribution is -2.40. The van der Waals surface area contributed by atoms with Gasteiger partial charge in [-0.15, -0.1) is 0 Å². The number of aliphatic hydroxyl groups excluding tert-OH is 1. The number of aromatic nitrogens is 2. The Morgan fingerprint density at radius 1 is 1.29 bits per heavy atom. The van der Waals surface area contributed by atoms with Gasteiger partial charge in [0.25, 0.3) is 0 Å². The SMILES string of the molecule is OB(O)c1cc(Cl)nc(N2CCC(O)CC2)n1. The minimum absolute atomic E-state index is 0.0751. The zero-order valence-electron chi connectivity index (χ0n) is 9.12. The molecule has 0 saturated carbocycles. The predicted octanol–water partition coefficient (Wildman–Crippen LogP) is -1.23. The molecule has 0 unspecified atom stereocenters. The van der Waals surface area contributed by atoms with E-state index in [0.717, 1.165) is 0 Å². The number of anilines is 1. The molecular formula is C9H13BClN3O3. The molecule has 1 aromatic rings. The van der Waals surface area contributed by atoms with Crippen molar-refractivity contribution < 1.29 is 15.2 Å². The first-order chi connectivity index (χ1) is 8.06. The van der Waals surface area contributed by atoms with Crippen LogP contribution in [0.2, 0.25) is 5.15 Å². The van der Waals surface area contributed by atoms with Crippen molar-refractivity contribution in [3.63, 3.8) is 0 Å². The topological polar surface area (TPSA) is 89.7 Å². The zero-order chi connectivity index (χ0) is 12.4. The van der Waals surface area contributed by atoms with Crippen LogP contribution >= 0.6 is 11.6 Å². The van der Waals surface area contributed by atoms with E-state index in [1.165, 1.54) is 6.07 Å². The Balaban J connectivity index is 2.20. The van der Waals surface area contributed by atoms with Gasteiger partial charge in [0.15, 0.2) is 0 Å². The fourth-order valence-corrected chi connectivity index (χ4v) is 1.95.